The minimum absolute atomic E-state index is 0.0530. The fourth-order valence-electron chi connectivity index (χ4n) is 4.21. The van der Waals surface area contributed by atoms with Gasteiger partial charge in [-0.1, -0.05) is 44.2 Å². The highest BCUT2D eigenvalue weighted by Crippen LogP contribution is 2.52. The number of para-hydroxylation sites is 3. The number of allylic oxidation sites excluding steroid dienone is 1. The standard InChI is InChI=1S/C22H21NO2/c1-21(2)14-8-4-5-9-16(14)23-17-12-20-22(3,13-15(17)21)25-19-11-7-6-10-18(19)24-20/h4-12,23H,13H2,1-3H3. The number of anilines is 1. The first kappa shape index (κ1) is 14.6. The van der Waals surface area contributed by atoms with Crippen LogP contribution in [0.2, 0.25) is 0 Å². The van der Waals surface area contributed by atoms with Gasteiger partial charge in [0.25, 0.3) is 0 Å². The molecule has 0 bridgehead atoms. The number of rotatable bonds is 0. The topological polar surface area (TPSA) is 30.5 Å². The van der Waals surface area contributed by atoms with Gasteiger partial charge in [-0.25, -0.2) is 0 Å². The van der Waals surface area contributed by atoms with Gasteiger partial charge in [0.05, 0.1) is 0 Å². The van der Waals surface area contributed by atoms with Gasteiger partial charge in [-0.3, -0.25) is 0 Å². The predicted octanol–water partition coefficient (Wildman–Crippen LogP) is 5.16. The Kier molecular flexibility index (Phi) is 2.75. The quantitative estimate of drug-likeness (QED) is 0.723. The maximum atomic E-state index is 6.40. The highest BCUT2D eigenvalue weighted by Gasteiger charge is 2.47. The first-order chi connectivity index (χ1) is 12.0. The van der Waals surface area contributed by atoms with Crippen molar-refractivity contribution in [3.8, 4) is 11.5 Å². The molecule has 5 rings (SSSR count). The highest BCUT2D eigenvalue weighted by molar-refractivity contribution is 5.68. The van der Waals surface area contributed by atoms with Crippen LogP contribution in [0.15, 0.2) is 71.6 Å². The first-order valence-electron chi connectivity index (χ1n) is 8.76. The second-order valence-corrected chi connectivity index (χ2v) is 7.75. The molecule has 0 spiro atoms. The Bertz CT molecular complexity index is 954. The Labute approximate surface area is 148 Å². The molecule has 1 atom stereocenters. The van der Waals surface area contributed by atoms with E-state index >= 15 is 0 Å². The van der Waals surface area contributed by atoms with Crippen LogP contribution in [0.4, 0.5) is 5.69 Å². The van der Waals surface area contributed by atoms with E-state index in [1.807, 2.05) is 24.3 Å². The first-order valence-corrected chi connectivity index (χ1v) is 8.76. The summed E-state index contributed by atoms with van der Waals surface area (Å²) in [5, 5.41) is 3.60. The third kappa shape index (κ3) is 1.98. The van der Waals surface area contributed by atoms with Crippen molar-refractivity contribution in [1.82, 2.24) is 0 Å². The Balaban J connectivity index is 1.64. The molecule has 2 aromatic carbocycles. The Morgan fingerprint density at radius 1 is 0.920 bits per heavy atom. The van der Waals surface area contributed by atoms with E-state index in [0.29, 0.717) is 0 Å². The van der Waals surface area contributed by atoms with Crippen molar-refractivity contribution >= 4 is 5.69 Å². The van der Waals surface area contributed by atoms with Crippen molar-refractivity contribution in [1.29, 1.82) is 0 Å². The Hall–Kier alpha value is -2.68. The largest absolute Gasteiger partial charge is 0.475 e. The van der Waals surface area contributed by atoms with Gasteiger partial charge < -0.3 is 14.8 Å². The molecule has 0 saturated heterocycles. The number of hydrogen-bond donors (Lipinski definition) is 1. The zero-order valence-electron chi connectivity index (χ0n) is 14.7. The molecule has 1 aliphatic carbocycles. The van der Waals surface area contributed by atoms with Crippen molar-refractivity contribution < 1.29 is 9.47 Å². The average molecular weight is 331 g/mol. The summed E-state index contributed by atoms with van der Waals surface area (Å²) < 4.78 is 12.6. The molecule has 0 fully saturated rings. The van der Waals surface area contributed by atoms with E-state index < -0.39 is 5.60 Å². The molecular weight excluding hydrogens is 310 g/mol. The van der Waals surface area contributed by atoms with Crippen molar-refractivity contribution in [3.63, 3.8) is 0 Å². The Morgan fingerprint density at radius 3 is 2.48 bits per heavy atom. The zero-order valence-corrected chi connectivity index (χ0v) is 14.7. The minimum atomic E-state index is -0.474. The average Bonchev–Trinajstić information content (AvgIpc) is 2.59. The Morgan fingerprint density at radius 2 is 1.64 bits per heavy atom. The number of hydrogen-bond acceptors (Lipinski definition) is 3. The molecule has 25 heavy (non-hydrogen) atoms. The third-order valence-electron chi connectivity index (χ3n) is 5.66. The maximum absolute atomic E-state index is 6.40. The molecule has 3 heteroatoms. The molecule has 2 aromatic rings. The lowest BCUT2D eigenvalue weighted by Crippen LogP contribution is -2.46. The molecule has 0 amide bonds. The summed E-state index contributed by atoms with van der Waals surface area (Å²) in [7, 11) is 0. The normalized spacial score (nSPS) is 25.2. The zero-order chi connectivity index (χ0) is 17.2. The van der Waals surface area contributed by atoms with E-state index in [0.717, 1.165) is 29.4 Å². The van der Waals surface area contributed by atoms with E-state index in [4.69, 9.17) is 9.47 Å². The molecule has 0 saturated carbocycles. The number of ether oxygens (including phenoxy) is 2. The van der Waals surface area contributed by atoms with Crippen LogP contribution < -0.4 is 14.8 Å². The van der Waals surface area contributed by atoms with Crippen LogP contribution in [-0.2, 0) is 5.41 Å². The smallest absolute Gasteiger partial charge is 0.169 e. The van der Waals surface area contributed by atoms with Crippen LogP contribution in [0.1, 0.15) is 32.8 Å². The fraction of sp³-hybridized carbons (Fsp3) is 0.273. The number of nitrogens with one attached hydrogen (secondary N) is 1. The summed E-state index contributed by atoms with van der Waals surface area (Å²) in [5.74, 6) is 2.46. The minimum Gasteiger partial charge on any atom is -0.475 e. The molecular formula is C22H21NO2. The fourth-order valence-corrected chi connectivity index (χ4v) is 4.21. The van der Waals surface area contributed by atoms with Crippen molar-refractivity contribution in [2.24, 2.45) is 0 Å². The summed E-state index contributed by atoms with van der Waals surface area (Å²) >= 11 is 0. The second-order valence-electron chi connectivity index (χ2n) is 7.75. The van der Waals surface area contributed by atoms with Gasteiger partial charge in [0.1, 0.15) is 0 Å². The maximum Gasteiger partial charge on any atom is 0.169 e. The summed E-state index contributed by atoms with van der Waals surface area (Å²) in [6.07, 6.45) is 2.92. The molecule has 0 radical (unpaired) electrons. The molecule has 0 aromatic heterocycles. The molecule has 1 N–H and O–H groups in total. The summed E-state index contributed by atoms with van der Waals surface area (Å²) in [6.45, 7) is 6.71. The second kappa shape index (κ2) is 4.69. The van der Waals surface area contributed by atoms with E-state index in [1.165, 1.54) is 16.8 Å². The molecule has 3 aliphatic rings. The molecule has 3 nitrogen and oxygen atoms in total. The van der Waals surface area contributed by atoms with Crippen LogP contribution in [0.5, 0.6) is 11.5 Å². The third-order valence-corrected chi connectivity index (χ3v) is 5.66. The lowest BCUT2D eigenvalue weighted by atomic mass is 9.68. The molecule has 2 heterocycles. The van der Waals surface area contributed by atoms with Gasteiger partial charge in [0.2, 0.25) is 0 Å². The van der Waals surface area contributed by atoms with Crippen LogP contribution in [0.3, 0.4) is 0 Å². The van der Waals surface area contributed by atoms with E-state index in [9.17, 15) is 0 Å². The van der Waals surface area contributed by atoms with Gasteiger partial charge in [-0.2, -0.15) is 0 Å². The molecule has 126 valence electrons. The number of benzene rings is 2. The summed E-state index contributed by atoms with van der Waals surface area (Å²) in [5.41, 5.74) is 4.47. The van der Waals surface area contributed by atoms with Crippen LogP contribution in [0, 0.1) is 0 Å². The summed E-state index contributed by atoms with van der Waals surface area (Å²) in [4.78, 5) is 0. The summed E-state index contributed by atoms with van der Waals surface area (Å²) in [6, 6.07) is 16.4. The SMILES string of the molecule is CC12CC3=C(C=C1Oc1ccccc1O2)Nc1ccccc1C3(C)C. The highest BCUT2D eigenvalue weighted by atomic mass is 16.6. The van der Waals surface area contributed by atoms with Crippen molar-refractivity contribution in [2.45, 2.75) is 38.2 Å². The lowest BCUT2D eigenvalue weighted by Gasteiger charge is -2.46. The van der Waals surface area contributed by atoms with Gasteiger partial charge in [0, 0.05) is 29.3 Å². The van der Waals surface area contributed by atoms with E-state index in [-0.39, 0.29) is 5.41 Å². The molecule has 2 aliphatic heterocycles. The lowest BCUT2D eigenvalue weighted by molar-refractivity contribution is 0.0521. The van der Waals surface area contributed by atoms with Gasteiger partial charge in [0.15, 0.2) is 22.9 Å². The van der Waals surface area contributed by atoms with Gasteiger partial charge in [-0.15, -0.1) is 0 Å². The van der Waals surface area contributed by atoms with Crippen molar-refractivity contribution in [2.75, 3.05) is 5.32 Å². The predicted molar refractivity (Wildman–Crippen MR) is 98.9 cm³/mol. The van der Waals surface area contributed by atoms with Gasteiger partial charge in [-0.05, 0) is 36.3 Å². The van der Waals surface area contributed by atoms with Gasteiger partial charge >= 0.3 is 0 Å². The monoisotopic (exact) mass is 331 g/mol. The van der Waals surface area contributed by atoms with Crippen LogP contribution >= 0.6 is 0 Å². The van der Waals surface area contributed by atoms with Crippen LogP contribution in [-0.4, -0.2) is 5.60 Å². The molecule has 1 unspecified atom stereocenters. The van der Waals surface area contributed by atoms with E-state index in [2.05, 4.69) is 56.4 Å². The van der Waals surface area contributed by atoms with Crippen molar-refractivity contribution in [3.05, 3.63) is 77.2 Å². The van der Waals surface area contributed by atoms with Crippen LogP contribution in [0.25, 0.3) is 0 Å². The van der Waals surface area contributed by atoms with E-state index in [1.54, 1.807) is 0 Å². The number of fused-ring (bicyclic) bond motifs is 3.